The van der Waals surface area contributed by atoms with E-state index in [1.807, 2.05) is 42.5 Å². The quantitative estimate of drug-likeness (QED) is 0.645. The molecule has 0 saturated carbocycles. The fraction of sp³-hybridized carbons (Fsp3) is 0.250. The van der Waals surface area contributed by atoms with Crippen molar-refractivity contribution >= 4 is 17.4 Å². The number of hydrogen-bond acceptors (Lipinski definition) is 7. The molecule has 1 aliphatic heterocycles. The number of aromatic nitrogens is 2. The Morgan fingerprint density at radius 3 is 2.47 bits per heavy atom. The first-order valence-electron chi connectivity index (χ1n) is 10.4. The summed E-state index contributed by atoms with van der Waals surface area (Å²) >= 11 is 0. The van der Waals surface area contributed by atoms with Crippen LogP contribution in [-0.2, 0) is 4.79 Å². The van der Waals surface area contributed by atoms with Crippen molar-refractivity contribution in [2.75, 3.05) is 50.1 Å². The lowest BCUT2D eigenvalue weighted by Crippen LogP contribution is -2.44. The number of ether oxygens (including phenoxy) is 1. The molecule has 8 heteroatoms. The zero-order chi connectivity index (χ0) is 22.3. The van der Waals surface area contributed by atoms with E-state index in [1.165, 1.54) is 0 Å². The number of rotatable bonds is 6. The highest BCUT2D eigenvalue weighted by Gasteiger charge is 2.15. The molecule has 0 radical (unpaired) electrons. The van der Waals surface area contributed by atoms with Crippen LogP contribution in [0.4, 0.5) is 11.5 Å². The number of carbonyl (C=O) groups is 1. The van der Waals surface area contributed by atoms with Crippen molar-refractivity contribution in [3.05, 3.63) is 66.2 Å². The lowest BCUT2D eigenvalue weighted by atomic mass is 10.1. The summed E-state index contributed by atoms with van der Waals surface area (Å²) in [6.07, 6.45) is 0. The van der Waals surface area contributed by atoms with Gasteiger partial charge in [-0.1, -0.05) is 24.3 Å². The molecular formula is C24H24N6O2. The second kappa shape index (κ2) is 9.90. The second-order valence-electron chi connectivity index (χ2n) is 7.59. The van der Waals surface area contributed by atoms with E-state index >= 15 is 0 Å². The first-order valence-corrected chi connectivity index (χ1v) is 10.4. The van der Waals surface area contributed by atoms with Crippen molar-refractivity contribution in [1.29, 1.82) is 5.26 Å². The summed E-state index contributed by atoms with van der Waals surface area (Å²) in [4.78, 5) is 16.7. The molecule has 1 aliphatic rings. The zero-order valence-corrected chi connectivity index (χ0v) is 17.9. The van der Waals surface area contributed by atoms with E-state index in [2.05, 4.69) is 32.4 Å². The maximum Gasteiger partial charge on any atom is 0.262 e. The molecule has 1 aromatic heterocycles. The van der Waals surface area contributed by atoms with Gasteiger partial charge in [0, 0.05) is 37.4 Å². The van der Waals surface area contributed by atoms with E-state index in [0.29, 0.717) is 17.0 Å². The number of nitrogens with zero attached hydrogens (tertiary/aromatic N) is 5. The number of anilines is 2. The van der Waals surface area contributed by atoms with Gasteiger partial charge in [0.2, 0.25) is 0 Å². The number of nitrogens with one attached hydrogen (secondary N) is 1. The van der Waals surface area contributed by atoms with Gasteiger partial charge in [0.1, 0.15) is 11.8 Å². The molecule has 1 N–H and O–H groups in total. The van der Waals surface area contributed by atoms with Crippen LogP contribution in [-0.4, -0.2) is 60.8 Å². The Bertz CT molecular complexity index is 1100. The summed E-state index contributed by atoms with van der Waals surface area (Å²) in [6.45, 7) is 3.76. The molecule has 0 aliphatic carbocycles. The molecule has 0 bridgehead atoms. The summed E-state index contributed by atoms with van der Waals surface area (Å²) in [5, 5.41) is 20.6. The lowest BCUT2D eigenvalue weighted by Gasteiger charge is -2.32. The summed E-state index contributed by atoms with van der Waals surface area (Å²) in [5.41, 5.74) is 2.74. The highest BCUT2D eigenvalue weighted by atomic mass is 16.5. The molecule has 1 saturated heterocycles. The number of carbonyl (C=O) groups excluding carboxylic acids is 1. The Balaban J connectivity index is 1.33. The van der Waals surface area contributed by atoms with Crippen LogP contribution in [0.15, 0.2) is 60.7 Å². The molecule has 1 fully saturated rings. The van der Waals surface area contributed by atoms with Crippen LogP contribution in [0.3, 0.4) is 0 Å². The van der Waals surface area contributed by atoms with E-state index in [1.54, 1.807) is 24.3 Å². The first kappa shape index (κ1) is 21.3. The standard InChI is InChI=1S/C24H24N6O2/c1-29-12-14-30(15-13-29)23-11-10-21(27-28-23)18-6-8-20(9-7-18)26-24(31)17-32-22-5-3-2-4-19(22)16-25/h2-11H,12-15,17H2,1H3,(H,26,31). The molecule has 0 unspecified atom stereocenters. The molecule has 4 rings (SSSR count). The molecule has 8 nitrogen and oxygen atoms in total. The van der Waals surface area contributed by atoms with Gasteiger partial charge in [-0.2, -0.15) is 5.26 Å². The van der Waals surface area contributed by atoms with Crippen LogP contribution in [0.2, 0.25) is 0 Å². The molecule has 1 amide bonds. The van der Waals surface area contributed by atoms with Gasteiger partial charge in [-0.05, 0) is 43.4 Å². The predicted molar refractivity (Wildman–Crippen MR) is 122 cm³/mol. The minimum Gasteiger partial charge on any atom is -0.482 e. The molecule has 2 heterocycles. The smallest absolute Gasteiger partial charge is 0.262 e. The van der Waals surface area contributed by atoms with Crippen molar-refractivity contribution in [3.63, 3.8) is 0 Å². The van der Waals surface area contributed by atoms with E-state index in [-0.39, 0.29) is 12.5 Å². The molecular weight excluding hydrogens is 404 g/mol. The molecule has 0 spiro atoms. The molecule has 32 heavy (non-hydrogen) atoms. The average molecular weight is 428 g/mol. The third kappa shape index (κ3) is 5.20. The highest BCUT2D eigenvalue weighted by Crippen LogP contribution is 2.21. The van der Waals surface area contributed by atoms with E-state index in [9.17, 15) is 4.79 Å². The van der Waals surface area contributed by atoms with Crippen LogP contribution < -0.4 is 15.0 Å². The zero-order valence-electron chi connectivity index (χ0n) is 17.9. The fourth-order valence-electron chi connectivity index (χ4n) is 3.43. The van der Waals surface area contributed by atoms with Gasteiger partial charge in [-0.3, -0.25) is 4.79 Å². The highest BCUT2D eigenvalue weighted by molar-refractivity contribution is 5.92. The first-order chi connectivity index (χ1) is 15.6. The SMILES string of the molecule is CN1CCN(c2ccc(-c3ccc(NC(=O)COc4ccccc4C#N)cc3)nn2)CC1. The maximum absolute atomic E-state index is 12.2. The summed E-state index contributed by atoms with van der Waals surface area (Å²) in [5.74, 6) is 0.976. The molecule has 2 aromatic carbocycles. The molecule has 162 valence electrons. The van der Waals surface area contributed by atoms with E-state index < -0.39 is 0 Å². The summed E-state index contributed by atoms with van der Waals surface area (Å²) in [6, 6.07) is 20.2. The van der Waals surface area contributed by atoms with Crippen molar-refractivity contribution < 1.29 is 9.53 Å². The number of hydrogen-bond donors (Lipinski definition) is 1. The van der Waals surface area contributed by atoms with Crippen molar-refractivity contribution in [2.45, 2.75) is 0 Å². The number of benzene rings is 2. The van der Waals surface area contributed by atoms with Gasteiger partial charge in [0.05, 0.1) is 11.3 Å². The van der Waals surface area contributed by atoms with Crippen molar-refractivity contribution in [3.8, 4) is 23.1 Å². The number of piperazine rings is 1. The maximum atomic E-state index is 12.2. The van der Waals surface area contributed by atoms with Gasteiger partial charge in [0.25, 0.3) is 5.91 Å². The van der Waals surface area contributed by atoms with Crippen LogP contribution in [0.25, 0.3) is 11.3 Å². The average Bonchev–Trinajstić information content (AvgIpc) is 2.84. The monoisotopic (exact) mass is 428 g/mol. The summed E-state index contributed by atoms with van der Waals surface area (Å²) < 4.78 is 5.46. The van der Waals surface area contributed by atoms with Crippen LogP contribution >= 0.6 is 0 Å². The van der Waals surface area contributed by atoms with Crippen LogP contribution in [0, 0.1) is 11.3 Å². The minimum atomic E-state index is -0.304. The van der Waals surface area contributed by atoms with Crippen molar-refractivity contribution in [1.82, 2.24) is 15.1 Å². The molecule has 3 aromatic rings. The third-order valence-corrected chi connectivity index (χ3v) is 5.31. The Labute approximate surface area is 187 Å². The van der Waals surface area contributed by atoms with Gasteiger partial charge >= 0.3 is 0 Å². The third-order valence-electron chi connectivity index (χ3n) is 5.31. The lowest BCUT2D eigenvalue weighted by molar-refractivity contribution is -0.118. The Hall–Kier alpha value is -3.96. The van der Waals surface area contributed by atoms with Gasteiger partial charge in [-0.25, -0.2) is 0 Å². The molecule has 0 atom stereocenters. The fourth-order valence-corrected chi connectivity index (χ4v) is 3.43. The summed E-state index contributed by atoms with van der Waals surface area (Å²) in [7, 11) is 2.12. The van der Waals surface area contributed by atoms with Gasteiger partial charge < -0.3 is 19.9 Å². The Morgan fingerprint density at radius 2 is 1.78 bits per heavy atom. The van der Waals surface area contributed by atoms with Gasteiger partial charge in [-0.15, -0.1) is 10.2 Å². The Kier molecular flexibility index (Phi) is 6.58. The van der Waals surface area contributed by atoms with Gasteiger partial charge in [0.15, 0.2) is 12.4 Å². The number of para-hydroxylation sites is 1. The predicted octanol–water partition coefficient (Wildman–Crippen LogP) is 2.78. The van der Waals surface area contributed by atoms with Crippen molar-refractivity contribution in [2.24, 2.45) is 0 Å². The minimum absolute atomic E-state index is 0.181. The number of likely N-dealkylation sites (N-methyl/N-ethyl adjacent to an activating group) is 1. The topological polar surface area (TPSA) is 94.4 Å². The second-order valence-corrected chi connectivity index (χ2v) is 7.59. The van der Waals surface area contributed by atoms with Crippen LogP contribution in [0.1, 0.15) is 5.56 Å². The largest absolute Gasteiger partial charge is 0.482 e. The normalized spacial score (nSPS) is 13.9. The Morgan fingerprint density at radius 1 is 1.03 bits per heavy atom. The van der Waals surface area contributed by atoms with Crippen LogP contribution in [0.5, 0.6) is 5.75 Å². The number of nitriles is 1. The van der Waals surface area contributed by atoms with E-state index in [4.69, 9.17) is 10.00 Å². The number of amides is 1. The van der Waals surface area contributed by atoms with E-state index in [0.717, 1.165) is 43.3 Å².